The summed E-state index contributed by atoms with van der Waals surface area (Å²) in [6.45, 7) is 5.52. The van der Waals surface area contributed by atoms with Crippen LogP contribution in [0.3, 0.4) is 0 Å². The molecule has 0 aromatic heterocycles. The van der Waals surface area contributed by atoms with Crippen molar-refractivity contribution < 1.29 is 13.5 Å². The largest absolute Gasteiger partial charge is 0.363 e. The van der Waals surface area contributed by atoms with Crippen LogP contribution in [-0.4, -0.2) is 12.0 Å². The second-order valence-electron chi connectivity index (χ2n) is 4.32. The molecule has 0 bridgehead atoms. The minimum Gasteiger partial charge on any atom is -0.363 e. The van der Waals surface area contributed by atoms with Crippen molar-refractivity contribution >= 4 is 0 Å². The van der Waals surface area contributed by atoms with Gasteiger partial charge in [-0.25, -0.2) is 8.78 Å². The summed E-state index contributed by atoms with van der Waals surface area (Å²) in [6, 6.07) is 9.30. The molecule has 1 atom stereocenters. The molecule has 1 aromatic carbocycles. The van der Waals surface area contributed by atoms with Crippen molar-refractivity contribution in [3.63, 3.8) is 0 Å². The summed E-state index contributed by atoms with van der Waals surface area (Å²) in [4.78, 5) is 0. The zero-order valence-electron chi connectivity index (χ0n) is 10.7. The predicted molar refractivity (Wildman–Crippen MR) is 69.7 cm³/mol. The first kappa shape index (κ1) is 14.8. The molecule has 0 radical (unpaired) electrons. The number of halogens is 2. The molecule has 0 spiro atoms. The highest BCUT2D eigenvalue weighted by atomic mass is 19.3. The Labute approximate surface area is 107 Å². The normalized spacial score (nSPS) is 13.3. The first-order valence-electron chi connectivity index (χ1n) is 6.26. The summed E-state index contributed by atoms with van der Waals surface area (Å²) < 4.78 is 32.8. The van der Waals surface area contributed by atoms with E-state index in [2.05, 4.69) is 6.58 Å². The molecule has 0 aliphatic rings. The number of hydrogen-bond acceptors (Lipinski definition) is 1. The molecule has 0 N–H and O–H groups in total. The van der Waals surface area contributed by atoms with Crippen LogP contribution in [0, 0.1) is 0 Å². The van der Waals surface area contributed by atoms with Crippen molar-refractivity contribution in [2.75, 3.05) is 0 Å². The molecule has 0 fully saturated rings. The van der Waals surface area contributed by atoms with Crippen LogP contribution in [0.1, 0.15) is 31.7 Å². The van der Waals surface area contributed by atoms with Crippen molar-refractivity contribution in [3.8, 4) is 0 Å². The van der Waals surface area contributed by atoms with Crippen molar-refractivity contribution in [1.29, 1.82) is 0 Å². The standard InChI is InChI=1S/C15H20F2O/c1-3-5-11-15(16,17)14(4-2)18-12-13-9-7-6-8-10-13/h4,6-10,14H,2-3,5,11-12H2,1H3. The average molecular weight is 254 g/mol. The topological polar surface area (TPSA) is 9.23 Å². The minimum atomic E-state index is -2.84. The Bertz CT molecular complexity index is 349. The van der Waals surface area contributed by atoms with Crippen LogP contribution in [0.5, 0.6) is 0 Å². The number of hydrogen-bond donors (Lipinski definition) is 0. The molecule has 0 aliphatic carbocycles. The van der Waals surface area contributed by atoms with Crippen molar-refractivity contribution in [2.24, 2.45) is 0 Å². The Morgan fingerprint density at radius 2 is 2.00 bits per heavy atom. The number of rotatable bonds is 8. The molecular weight excluding hydrogens is 234 g/mol. The van der Waals surface area contributed by atoms with Gasteiger partial charge in [0.05, 0.1) is 6.61 Å². The van der Waals surface area contributed by atoms with Crippen LogP contribution in [0.2, 0.25) is 0 Å². The Hall–Kier alpha value is -1.22. The van der Waals surface area contributed by atoms with Gasteiger partial charge in [0, 0.05) is 6.42 Å². The molecule has 0 aliphatic heterocycles. The van der Waals surface area contributed by atoms with Crippen LogP contribution in [0.4, 0.5) is 8.78 Å². The third kappa shape index (κ3) is 4.57. The Morgan fingerprint density at radius 1 is 1.33 bits per heavy atom. The van der Waals surface area contributed by atoms with Crippen LogP contribution in [-0.2, 0) is 11.3 Å². The van der Waals surface area contributed by atoms with Crippen molar-refractivity contribution in [3.05, 3.63) is 48.6 Å². The lowest BCUT2D eigenvalue weighted by Gasteiger charge is -2.24. The van der Waals surface area contributed by atoms with Crippen LogP contribution < -0.4 is 0 Å². The first-order chi connectivity index (χ1) is 8.60. The summed E-state index contributed by atoms with van der Waals surface area (Å²) in [5, 5.41) is 0. The van der Waals surface area contributed by atoms with E-state index < -0.39 is 12.0 Å². The Kier molecular flexibility index (Phi) is 5.99. The molecular formula is C15H20F2O. The second kappa shape index (κ2) is 7.27. The van der Waals surface area contributed by atoms with Gasteiger partial charge in [-0.1, -0.05) is 49.8 Å². The summed E-state index contributed by atoms with van der Waals surface area (Å²) in [7, 11) is 0. The molecule has 0 amide bonds. The first-order valence-corrected chi connectivity index (χ1v) is 6.26. The smallest absolute Gasteiger partial charge is 0.277 e. The van der Waals surface area contributed by atoms with Gasteiger partial charge in [0.2, 0.25) is 0 Å². The van der Waals surface area contributed by atoms with E-state index in [9.17, 15) is 8.78 Å². The fourth-order valence-corrected chi connectivity index (χ4v) is 1.68. The maximum Gasteiger partial charge on any atom is 0.277 e. The fraction of sp³-hybridized carbons (Fsp3) is 0.467. The molecule has 1 rings (SSSR count). The van der Waals surface area contributed by atoms with Crippen LogP contribution in [0.25, 0.3) is 0 Å². The molecule has 0 saturated carbocycles. The highest BCUT2D eigenvalue weighted by Gasteiger charge is 2.37. The maximum absolute atomic E-state index is 13.8. The van der Waals surface area contributed by atoms with E-state index in [0.29, 0.717) is 6.42 Å². The number of unbranched alkanes of at least 4 members (excludes halogenated alkanes) is 1. The lowest BCUT2D eigenvalue weighted by atomic mass is 10.1. The second-order valence-corrected chi connectivity index (χ2v) is 4.32. The number of benzene rings is 1. The number of alkyl halides is 2. The molecule has 100 valence electrons. The zero-order chi connectivity index (χ0) is 13.4. The van der Waals surface area contributed by atoms with E-state index in [0.717, 1.165) is 12.0 Å². The van der Waals surface area contributed by atoms with Gasteiger partial charge in [0.25, 0.3) is 5.92 Å². The molecule has 0 saturated heterocycles. The minimum absolute atomic E-state index is 0.158. The van der Waals surface area contributed by atoms with Crippen LogP contribution >= 0.6 is 0 Å². The zero-order valence-corrected chi connectivity index (χ0v) is 10.7. The summed E-state index contributed by atoms with van der Waals surface area (Å²) in [5.41, 5.74) is 0.885. The van der Waals surface area contributed by atoms with E-state index in [1.165, 1.54) is 6.08 Å². The lowest BCUT2D eigenvalue weighted by molar-refractivity contribution is -0.125. The molecule has 1 unspecified atom stereocenters. The van der Waals surface area contributed by atoms with E-state index in [-0.39, 0.29) is 13.0 Å². The van der Waals surface area contributed by atoms with Gasteiger partial charge >= 0.3 is 0 Å². The molecule has 3 heteroatoms. The van der Waals surface area contributed by atoms with Gasteiger partial charge in [-0.2, -0.15) is 0 Å². The quantitative estimate of drug-likeness (QED) is 0.617. The van der Waals surface area contributed by atoms with E-state index in [4.69, 9.17) is 4.74 Å². The van der Waals surface area contributed by atoms with Crippen molar-refractivity contribution in [2.45, 2.75) is 44.8 Å². The third-order valence-electron chi connectivity index (χ3n) is 2.77. The SMILES string of the molecule is C=CC(OCc1ccccc1)C(F)(F)CCCC. The van der Waals surface area contributed by atoms with E-state index in [1.54, 1.807) is 0 Å². The molecule has 18 heavy (non-hydrogen) atoms. The summed E-state index contributed by atoms with van der Waals surface area (Å²) >= 11 is 0. The van der Waals surface area contributed by atoms with Gasteiger partial charge in [0.15, 0.2) is 0 Å². The molecule has 1 nitrogen and oxygen atoms in total. The summed E-state index contributed by atoms with van der Waals surface area (Å²) in [6.07, 6.45) is 1.06. The van der Waals surface area contributed by atoms with Gasteiger partial charge in [-0.15, -0.1) is 6.58 Å². The predicted octanol–water partition coefficient (Wildman–Crippen LogP) is 4.58. The van der Waals surface area contributed by atoms with Gasteiger partial charge in [-0.3, -0.25) is 0 Å². The monoisotopic (exact) mass is 254 g/mol. The van der Waals surface area contributed by atoms with E-state index >= 15 is 0 Å². The van der Waals surface area contributed by atoms with Gasteiger partial charge in [-0.05, 0) is 12.0 Å². The van der Waals surface area contributed by atoms with Crippen LogP contribution in [0.15, 0.2) is 43.0 Å². The highest BCUT2D eigenvalue weighted by molar-refractivity contribution is 5.13. The maximum atomic E-state index is 13.8. The van der Waals surface area contributed by atoms with Crippen molar-refractivity contribution in [1.82, 2.24) is 0 Å². The lowest BCUT2D eigenvalue weighted by Crippen LogP contribution is -2.34. The average Bonchev–Trinajstić information content (AvgIpc) is 2.38. The Balaban J connectivity index is 2.53. The number of ether oxygens (including phenoxy) is 1. The highest BCUT2D eigenvalue weighted by Crippen LogP contribution is 2.29. The van der Waals surface area contributed by atoms with E-state index in [1.807, 2.05) is 37.3 Å². The molecule has 0 heterocycles. The van der Waals surface area contributed by atoms with Gasteiger partial charge in [0.1, 0.15) is 6.10 Å². The van der Waals surface area contributed by atoms with Gasteiger partial charge < -0.3 is 4.74 Å². The fourth-order valence-electron chi connectivity index (χ4n) is 1.68. The third-order valence-corrected chi connectivity index (χ3v) is 2.77. The molecule has 1 aromatic rings. The Morgan fingerprint density at radius 3 is 2.56 bits per heavy atom. The summed E-state index contributed by atoms with van der Waals surface area (Å²) in [5.74, 6) is -2.84.